The zero-order chi connectivity index (χ0) is 27.4. The molecule has 4 aromatic rings. The highest BCUT2D eigenvalue weighted by Gasteiger charge is 2.44. The summed E-state index contributed by atoms with van der Waals surface area (Å²) in [5.74, 6) is -0.633. The average molecular weight is 526 g/mol. The number of Topliss-reactive ketones (excluding diaryl/α,β-unsaturated/α-hetero) is 1. The Morgan fingerprint density at radius 1 is 0.974 bits per heavy atom. The molecule has 0 saturated heterocycles. The van der Waals surface area contributed by atoms with Gasteiger partial charge >= 0.3 is 0 Å². The maximum Gasteiger partial charge on any atom is 0.290 e. The van der Waals surface area contributed by atoms with Gasteiger partial charge in [0.05, 0.1) is 25.3 Å². The molecule has 39 heavy (non-hydrogen) atoms. The molecule has 3 aromatic carbocycles. The number of ether oxygens (including phenoxy) is 2. The van der Waals surface area contributed by atoms with Crippen molar-refractivity contribution in [3.63, 3.8) is 0 Å². The van der Waals surface area contributed by atoms with Crippen molar-refractivity contribution in [2.45, 2.75) is 38.8 Å². The van der Waals surface area contributed by atoms with E-state index in [-0.39, 0.29) is 17.9 Å². The van der Waals surface area contributed by atoms with Crippen LogP contribution < -0.4 is 9.47 Å². The highest BCUT2D eigenvalue weighted by molar-refractivity contribution is 6.16. The molecule has 2 heterocycles. The van der Waals surface area contributed by atoms with Crippen LogP contribution in [0.15, 0.2) is 94.6 Å². The number of hydrogen-bond donors (Lipinski definition) is 1. The summed E-state index contributed by atoms with van der Waals surface area (Å²) in [5.41, 5.74) is 1.99. The number of para-hydroxylation sites is 1. The second-order valence-electron chi connectivity index (χ2n) is 9.53. The highest BCUT2D eigenvalue weighted by Crippen LogP contribution is 2.43. The van der Waals surface area contributed by atoms with Gasteiger partial charge in [0, 0.05) is 11.9 Å². The molecule has 7 nitrogen and oxygen atoms in total. The zero-order valence-corrected chi connectivity index (χ0v) is 22.1. The molecule has 1 amide bonds. The van der Waals surface area contributed by atoms with Gasteiger partial charge in [0.25, 0.3) is 5.91 Å². The Bertz CT molecular complexity index is 1490. The SMILES string of the molecule is CCCCCOc1ccc(C2C(C(=O)c3cc4ccccc4o3)=C(O)C(=O)N2Cc2ccccc2)cc1OC. The van der Waals surface area contributed by atoms with E-state index in [1.165, 1.54) is 4.90 Å². The van der Waals surface area contributed by atoms with Crippen LogP contribution in [0.2, 0.25) is 0 Å². The summed E-state index contributed by atoms with van der Waals surface area (Å²) >= 11 is 0. The van der Waals surface area contributed by atoms with Crippen LogP contribution in [0.25, 0.3) is 11.0 Å². The summed E-state index contributed by atoms with van der Waals surface area (Å²) < 4.78 is 17.4. The van der Waals surface area contributed by atoms with E-state index in [9.17, 15) is 14.7 Å². The fraction of sp³-hybridized carbons (Fsp3) is 0.250. The Morgan fingerprint density at radius 2 is 1.74 bits per heavy atom. The molecule has 0 spiro atoms. The first-order valence-corrected chi connectivity index (χ1v) is 13.1. The predicted molar refractivity (Wildman–Crippen MR) is 148 cm³/mol. The third-order valence-electron chi connectivity index (χ3n) is 6.90. The molecule has 1 N–H and O–H groups in total. The first-order chi connectivity index (χ1) is 19.0. The second kappa shape index (κ2) is 11.5. The van der Waals surface area contributed by atoms with Crippen molar-refractivity contribution in [1.29, 1.82) is 0 Å². The fourth-order valence-corrected chi connectivity index (χ4v) is 4.91. The maximum absolute atomic E-state index is 13.8. The first kappa shape index (κ1) is 26.1. The molecule has 0 aliphatic carbocycles. The summed E-state index contributed by atoms with van der Waals surface area (Å²) in [7, 11) is 1.55. The molecular weight excluding hydrogens is 494 g/mol. The lowest BCUT2D eigenvalue weighted by atomic mass is 9.94. The molecule has 0 radical (unpaired) electrons. The van der Waals surface area contributed by atoms with Crippen molar-refractivity contribution in [2.75, 3.05) is 13.7 Å². The average Bonchev–Trinajstić information content (AvgIpc) is 3.51. The Hall–Kier alpha value is -4.52. The second-order valence-corrected chi connectivity index (χ2v) is 9.53. The Kier molecular flexibility index (Phi) is 7.68. The third-order valence-corrected chi connectivity index (χ3v) is 6.90. The number of aliphatic hydroxyl groups excluding tert-OH is 1. The molecule has 1 aliphatic heterocycles. The number of unbranched alkanes of at least 4 members (excludes halogenated alkanes) is 2. The Morgan fingerprint density at radius 3 is 2.49 bits per heavy atom. The number of hydrogen-bond acceptors (Lipinski definition) is 6. The van der Waals surface area contributed by atoms with Gasteiger partial charge in [-0.1, -0.05) is 74.4 Å². The molecule has 1 unspecified atom stereocenters. The third kappa shape index (κ3) is 5.25. The normalized spacial score (nSPS) is 15.3. The number of amides is 1. The molecular formula is C32H31NO6. The number of nitrogens with zero attached hydrogens (tertiary/aromatic N) is 1. The van der Waals surface area contributed by atoms with E-state index in [0.29, 0.717) is 29.3 Å². The lowest BCUT2D eigenvalue weighted by Gasteiger charge is -2.27. The minimum absolute atomic E-state index is 0.0337. The van der Waals surface area contributed by atoms with Gasteiger partial charge in [0.15, 0.2) is 23.0 Å². The number of furan rings is 1. The highest BCUT2D eigenvalue weighted by atomic mass is 16.5. The number of fused-ring (bicyclic) bond motifs is 1. The van der Waals surface area contributed by atoms with Crippen molar-refractivity contribution < 1.29 is 28.6 Å². The molecule has 0 bridgehead atoms. The molecule has 7 heteroatoms. The number of carbonyl (C=O) groups is 2. The van der Waals surface area contributed by atoms with Crippen LogP contribution in [-0.2, 0) is 11.3 Å². The number of aliphatic hydroxyl groups is 1. The smallest absolute Gasteiger partial charge is 0.290 e. The standard InChI is InChI=1S/C32H31NO6/c1-3-4-10-17-38-25-16-15-23(19-26(25)37-2)29-28(30(34)27-18-22-13-8-9-14-24(22)39-27)31(35)32(36)33(29)20-21-11-6-5-7-12-21/h5-9,11-16,18-19,29,35H,3-4,10,17,20H2,1-2H3. The number of methoxy groups -OCH3 is 1. The fourth-order valence-electron chi connectivity index (χ4n) is 4.91. The summed E-state index contributed by atoms with van der Waals surface area (Å²) in [4.78, 5) is 28.7. The van der Waals surface area contributed by atoms with Gasteiger partial charge in [-0.15, -0.1) is 0 Å². The lowest BCUT2D eigenvalue weighted by molar-refractivity contribution is -0.130. The molecule has 0 saturated carbocycles. The van der Waals surface area contributed by atoms with E-state index in [2.05, 4.69) is 6.92 Å². The summed E-state index contributed by atoms with van der Waals surface area (Å²) in [5, 5.41) is 11.8. The summed E-state index contributed by atoms with van der Waals surface area (Å²) in [6, 6.07) is 22.8. The Balaban J connectivity index is 1.55. The van der Waals surface area contributed by atoms with Crippen LogP contribution in [0.4, 0.5) is 0 Å². The van der Waals surface area contributed by atoms with Gasteiger partial charge in [0.1, 0.15) is 5.58 Å². The van der Waals surface area contributed by atoms with E-state index in [1.807, 2.05) is 48.5 Å². The molecule has 5 rings (SSSR count). The van der Waals surface area contributed by atoms with Crippen molar-refractivity contribution in [3.8, 4) is 11.5 Å². The largest absolute Gasteiger partial charge is 0.503 e. The van der Waals surface area contributed by atoms with E-state index in [4.69, 9.17) is 13.9 Å². The van der Waals surface area contributed by atoms with Crippen LogP contribution >= 0.6 is 0 Å². The van der Waals surface area contributed by atoms with Gasteiger partial charge in [-0.2, -0.15) is 0 Å². The molecule has 200 valence electrons. The monoisotopic (exact) mass is 525 g/mol. The van der Waals surface area contributed by atoms with E-state index in [0.717, 1.165) is 30.2 Å². The van der Waals surface area contributed by atoms with Crippen LogP contribution in [0.5, 0.6) is 11.5 Å². The molecule has 1 aromatic heterocycles. The lowest BCUT2D eigenvalue weighted by Crippen LogP contribution is -2.30. The minimum atomic E-state index is -0.860. The van der Waals surface area contributed by atoms with Crippen molar-refractivity contribution in [2.24, 2.45) is 0 Å². The zero-order valence-electron chi connectivity index (χ0n) is 22.1. The summed E-state index contributed by atoms with van der Waals surface area (Å²) in [6.45, 7) is 2.89. The van der Waals surface area contributed by atoms with Crippen LogP contribution in [0.1, 0.15) is 53.9 Å². The number of benzene rings is 3. The number of rotatable bonds is 11. The van der Waals surface area contributed by atoms with Crippen LogP contribution in [0, 0.1) is 0 Å². The van der Waals surface area contributed by atoms with E-state index in [1.54, 1.807) is 37.4 Å². The van der Waals surface area contributed by atoms with Crippen molar-refractivity contribution in [3.05, 3.63) is 107 Å². The van der Waals surface area contributed by atoms with Crippen molar-refractivity contribution >= 4 is 22.7 Å². The Labute approximate surface area is 227 Å². The van der Waals surface area contributed by atoms with Gasteiger partial charge in [-0.25, -0.2) is 0 Å². The van der Waals surface area contributed by atoms with Gasteiger partial charge in [-0.05, 0) is 41.8 Å². The quantitative estimate of drug-likeness (QED) is 0.171. The predicted octanol–water partition coefficient (Wildman–Crippen LogP) is 6.79. The number of carbonyl (C=O) groups excluding carboxylic acids is 2. The van der Waals surface area contributed by atoms with Gasteiger partial charge < -0.3 is 23.9 Å². The minimum Gasteiger partial charge on any atom is -0.503 e. The van der Waals surface area contributed by atoms with Gasteiger partial charge in [0.2, 0.25) is 5.78 Å². The summed E-state index contributed by atoms with van der Waals surface area (Å²) in [6.07, 6.45) is 3.08. The van der Waals surface area contributed by atoms with E-state index < -0.39 is 23.5 Å². The number of ketones is 1. The molecule has 1 aliphatic rings. The molecule has 1 atom stereocenters. The van der Waals surface area contributed by atoms with Gasteiger partial charge in [-0.3, -0.25) is 9.59 Å². The van der Waals surface area contributed by atoms with E-state index >= 15 is 0 Å². The van der Waals surface area contributed by atoms with Crippen LogP contribution in [-0.4, -0.2) is 35.4 Å². The molecule has 0 fully saturated rings. The van der Waals surface area contributed by atoms with Crippen molar-refractivity contribution in [1.82, 2.24) is 4.90 Å². The first-order valence-electron chi connectivity index (χ1n) is 13.1. The maximum atomic E-state index is 13.8. The topological polar surface area (TPSA) is 89.2 Å². The van der Waals surface area contributed by atoms with Crippen LogP contribution in [0.3, 0.4) is 0 Å².